The molecule has 4 N–H and O–H groups in total. The fourth-order valence-corrected chi connectivity index (χ4v) is 4.29. The zero-order valence-electron chi connectivity index (χ0n) is 17.7. The lowest BCUT2D eigenvalue weighted by atomic mass is 9.92. The van der Waals surface area contributed by atoms with E-state index >= 15 is 0 Å². The van der Waals surface area contributed by atoms with Crippen molar-refractivity contribution in [3.05, 3.63) is 76.9 Å². The van der Waals surface area contributed by atoms with Gasteiger partial charge in [0, 0.05) is 6.54 Å². The van der Waals surface area contributed by atoms with Gasteiger partial charge in [0.1, 0.15) is 24.5 Å². The van der Waals surface area contributed by atoms with Crippen LogP contribution in [0.3, 0.4) is 0 Å². The molecule has 0 bridgehead atoms. The summed E-state index contributed by atoms with van der Waals surface area (Å²) in [6.07, 6.45) is -0.467. The second kappa shape index (κ2) is 9.36. The average molecular weight is 437 g/mol. The third-order valence-corrected chi connectivity index (χ3v) is 6.04. The summed E-state index contributed by atoms with van der Waals surface area (Å²) in [7, 11) is 1.69. The van der Waals surface area contributed by atoms with Crippen molar-refractivity contribution in [2.75, 3.05) is 13.6 Å². The quantitative estimate of drug-likeness (QED) is 0.482. The number of carboxylic acids is 1. The molecule has 7 heteroatoms. The highest BCUT2D eigenvalue weighted by Crippen LogP contribution is 2.34. The van der Waals surface area contributed by atoms with Crippen molar-refractivity contribution >= 4 is 23.7 Å². The molecule has 0 unspecified atom stereocenters. The van der Waals surface area contributed by atoms with E-state index in [1.54, 1.807) is 11.9 Å². The summed E-state index contributed by atoms with van der Waals surface area (Å²) < 4.78 is 5.42. The SMILES string of the molecule is CN(CCC=C1c2ccccc2C=Cc2ccccc21)[C@@H]1O[C@H](C(=O)O)[C@@H](O)[C@H](O)[C@H]1O. The van der Waals surface area contributed by atoms with Gasteiger partial charge in [0.25, 0.3) is 0 Å². The monoisotopic (exact) mass is 437 g/mol. The molecule has 5 atom stereocenters. The number of aliphatic hydroxyl groups is 3. The molecule has 1 aliphatic carbocycles. The van der Waals surface area contributed by atoms with E-state index in [4.69, 9.17) is 4.74 Å². The molecule has 168 valence electrons. The number of hydrogen-bond acceptors (Lipinski definition) is 6. The molecule has 7 nitrogen and oxygen atoms in total. The van der Waals surface area contributed by atoms with Crippen molar-refractivity contribution in [3.63, 3.8) is 0 Å². The van der Waals surface area contributed by atoms with E-state index < -0.39 is 36.6 Å². The van der Waals surface area contributed by atoms with Gasteiger partial charge in [-0.25, -0.2) is 4.79 Å². The number of benzene rings is 2. The number of carbonyl (C=O) groups is 1. The molecule has 0 saturated carbocycles. The topological polar surface area (TPSA) is 110 Å². The summed E-state index contributed by atoms with van der Waals surface area (Å²) >= 11 is 0. The van der Waals surface area contributed by atoms with Crippen LogP contribution in [0.4, 0.5) is 0 Å². The molecule has 1 heterocycles. The Morgan fingerprint density at radius 1 is 0.938 bits per heavy atom. The Morgan fingerprint density at radius 2 is 1.50 bits per heavy atom. The molecule has 2 aromatic carbocycles. The maximum atomic E-state index is 11.4. The summed E-state index contributed by atoms with van der Waals surface area (Å²) in [5, 5.41) is 39.6. The number of ether oxygens (including phenoxy) is 1. The van der Waals surface area contributed by atoms with Crippen molar-refractivity contribution < 1.29 is 30.0 Å². The number of aliphatic hydroxyl groups excluding tert-OH is 3. The highest BCUT2D eigenvalue weighted by Gasteiger charge is 2.48. The van der Waals surface area contributed by atoms with E-state index in [9.17, 15) is 25.2 Å². The second-order valence-electron chi connectivity index (χ2n) is 8.15. The van der Waals surface area contributed by atoms with Crippen molar-refractivity contribution in [1.82, 2.24) is 4.90 Å². The summed E-state index contributed by atoms with van der Waals surface area (Å²) in [4.78, 5) is 13.0. The van der Waals surface area contributed by atoms with Crippen LogP contribution in [-0.2, 0) is 9.53 Å². The largest absolute Gasteiger partial charge is 0.479 e. The van der Waals surface area contributed by atoms with Gasteiger partial charge < -0.3 is 25.2 Å². The smallest absolute Gasteiger partial charge is 0.335 e. The maximum Gasteiger partial charge on any atom is 0.335 e. The third-order valence-electron chi connectivity index (χ3n) is 6.04. The van der Waals surface area contributed by atoms with Gasteiger partial charge in [0.15, 0.2) is 6.10 Å². The summed E-state index contributed by atoms with van der Waals surface area (Å²) in [5.74, 6) is -1.39. The van der Waals surface area contributed by atoms with E-state index in [-0.39, 0.29) is 0 Å². The zero-order chi connectivity index (χ0) is 22.8. The normalized spacial score (nSPS) is 26.9. The van der Waals surface area contributed by atoms with Gasteiger partial charge in [0.05, 0.1) is 0 Å². The maximum absolute atomic E-state index is 11.4. The van der Waals surface area contributed by atoms with E-state index in [0.717, 1.165) is 27.8 Å². The Hall–Kier alpha value is -2.81. The van der Waals surface area contributed by atoms with Gasteiger partial charge in [-0.3, -0.25) is 4.90 Å². The number of likely N-dealkylation sites (N-methyl/N-ethyl adjacent to an activating group) is 1. The Bertz CT molecular complexity index is 997. The molecule has 32 heavy (non-hydrogen) atoms. The van der Waals surface area contributed by atoms with Crippen LogP contribution in [0.25, 0.3) is 17.7 Å². The first-order valence-corrected chi connectivity index (χ1v) is 10.6. The minimum atomic E-state index is -1.69. The van der Waals surface area contributed by atoms with Crippen LogP contribution in [0, 0.1) is 0 Å². The fourth-order valence-electron chi connectivity index (χ4n) is 4.29. The van der Waals surface area contributed by atoms with Gasteiger partial charge >= 0.3 is 5.97 Å². The molecular weight excluding hydrogens is 410 g/mol. The van der Waals surface area contributed by atoms with E-state index in [0.29, 0.717) is 13.0 Å². The number of nitrogens with zero attached hydrogens (tertiary/aromatic N) is 1. The van der Waals surface area contributed by atoms with Crippen LogP contribution < -0.4 is 0 Å². The average Bonchev–Trinajstić information content (AvgIpc) is 2.94. The molecule has 0 radical (unpaired) electrons. The first-order chi connectivity index (χ1) is 15.4. The first-order valence-electron chi connectivity index (χ1n) is 10.6. The highest BCUT2D eigenvalue weighted by atomic mass is 16.6. The highest BCUT2D eigenvalue weighted by molar-refractivity contribution is 5.93. The lowest BCUT2D eigenvalue weighted by molar-refractivity contribution is -0.256. The minimum absolute atomic E-state index is 0.443. The molecular formula is C25H27NO6. The summed E-state index contributed by atoms with van der Waals surface area (Å²) in [5.41, 5.74) is 5.58. The standard InChI is InChI=1S/C25H27NO6/c1-26(24-22(29)20(27)21(28)23(32-24)25(30)31)14-6-11-19-17-9-4-2-7-15(17)12-13-16-8-3-5-10-18(16)19/h2-5,7-13,20-24,27-29H,6,14H2,1H3,(H,30,31)/t20-,21-,22+,23-,24+/m0/s1. The summed E-state index contributed by atoms with van der Waals surface area (Å²) in [6.45, 7) is 0.443. The fraction of sp³-hybridized carbons (Fsp3) is 0.320. The van der Waals surface area contributed by atoms with Gasteiger partial charge in [-0.15, -0.1) is 0 Å². The Morgan fingerprint density at radius 3 is 2.06 bits per heavy atom. The number of hydrogen-bond donors (Lipinski definition) is 4. The van der Waals surface area contributed by atoms with Crippen molar-refractivity contribution in [2.24, 2.45) is 0 Å². The molecule has 1 fully saturated rings. The molecule has 4 rings (SSSR count). The van der Waals surface area contributed by atoms with E-state index in [2.05, 4.69) is 42.5 Å². The molecule has 1 aliphatic heterocycles. The second-order valence-corrected chi connectivity index (χ2v) is 8.15. The van der Waals surface area contributed by atoms with Gasteiger partial charge in [-0.1, -0.05) is 66.8 Å². The molecule has 2 aromatic rings. The lowest BCUT2D eigenvalue weighted by Gasteiger charge is -2.42. The van der Waals surface area contributed by atoms with Crippen molar-refractivity contribution in [2.45, 2.75) is 37.1 Å². The van der Waals surface area contributed by atoms with Gasteiger partial charge in [0.2, 0.25) is 0 Å². The molecule has 0 spiro atoms. The minimum Gasteiger partial charge on any atom is -0.479 e. The predicted molar refractivity (Wildman–Crippen MR) is 120 cm³/mol. The Kier molecular flexibility index (Phi) is 6.55. The van der Waals surface area contributed by atoms with Gasteiger partial charge in [-0.05, 0) is 41.3 Å². The molecule has 0 aromatic heterocycles. The van der Waals surface area contributed by atoms with Crippen LogP contribution in [0.15, 0.2) is 54.6 Å². The van der Waals surface area contributed by atoms with Crippen molar-refractivity contribution in [1.29, 1.82) is 0 Å². The molecule has 1 saturated heterocycles. The van der Waals surface area contributed by atoms with Crippen LogP contribution in [0.1, 0.15) is 28.7 Å². The number of fused-ring (bicyclic) bond motifs is 2. The summed E-state index contributed by atoms with van der Waals surface area (Å²) in [6, 6.07) is 16.3. The van der Waals surface area contributed by atoms with Crippen LogP contribution in [0.2, 0.25) is 0 Å². The molecule has 2 aliphatic rings. The van der Waals surface area contributed by atoms with Crippen LogP contribution in [-0.4, -0.2) is 75.5 Å². The van der Waals surface area contributed by atoms with Crippen molar-refractivity contribution in [3.8, 4) is 0 Å². The molecule has 0 amide bonds. The zero-order valence-corrected chi connectivity index (χ0v) is 17.7. The van der Waals surface area contributed by atoms with E-state index in [1.165, 1.54) is 0 Å². The lowest BCUT2D eigenvalue weighted by Crippen LogP contribution is -2.63. The Labute approximate surface area is 186 Å². The first kappa shape index (κ1) is 22.4. The number of carboxylic acid groups (broad SMARTS) is 1. The van der Waals surface area contributed by atoms with E-state index in [1.807, 2.05) is 24.3 Å². The number of rotatable bonds is 5. The Balaban J connectivity index is 1.55. The van der Waals surface area contributed by atoms with Crippen LogP contribution >= 0.6 is 0 Å². The van der Waals surface area contributed by atoms with Crippen LogP contribution in [0.5, 0.6) is 0 Å². The third kappa shape index (κ3) is 4.26. The number of aliphatic carboxylic acids is 1. The predicted octanol–water partition coefficient (Wildman–Crippen LogP) is 1.82. The van der Waals surface area contributed by atoms with Gasteiger partial charge in [-0.2, -0.15) is 0 Å².